The van der Waals surface area contributed by atoms with Gasteiger partial charge in [-0.25, -0.2) is 5.43 Å². The van der Waals surface area contributed by atoms with Gasteiger partial charge in [0.1, 0.15) is 0 Å². The fourth-order valence-corrected chi connectivity index (χ4v) is 2.39. The van der Waals surface area contributed by atoms with Gasteiger partial charge in [-0.2, -0.15) is 5.10 Å². The molecule has 0 spiro atoms. The van der Waals surface area contributed by atoms with Crippen molar-refractivity contribution in [2.24, 2.45) is 5.10 Å². The number of benzene rings is 2. The Bertz CT molecular complexity index is 743. The van der Waals surface area contributed by atoms with Crippen LogP contribution < -0.4 is 10.7 Å². The zero-order chi connectivity index (χ0) is 18.1. The normalized spacial score (nSPS) is 11.0. The van der Waals surface area contributed by atoms with Crippen LogP contribution in [0.2, 0.25) is 0 Å². The summed E-state index contributed by atoms with van der Waals surface area (Å²) in [5.74, 6) is -0.485. The highest BCUT2D eigenvalue weighted by Crippen LogP contribution is 2.14. The molecule has 2 aromatic carbocycles. The van der Waals surface area contributed by atoms with Crippen molar-refractivity contribution in [3.63, 3.8) is 0 Å². The van der Waals surface area contributed by atoms with Crippen LogP contribution in [0.15, 0.2) is 64.2 Å². The third-order valence-electron chi connectivity index (χ3n) is 3.38. The number of nitrogens with zero attached hydrogens (tertiary/aromatic N) is 1. The lowest BCUT2D eigenvalue weighted by Gasteiger charge is -2.05. The Labute approximate surface area is 155 Å². The van der Waals surface area contributed by atoms with Gasteiger partial charge in [-0.1, -0.05) is 46.3 Å². The quantitative estimate of drug-likeness (QED) is 0.545. The van der Waals surface area contributed by atoms with E-state index < -0.39 is 0 Å². The monoisotopic (exact) mass is 401 g/mol. The summed E-state index contributed by atoms with van der Waals surface area (Å²) < 4.78 is 0.939. The van der Waals surface area contributed by atoms with Crippen molar-refractivity contribution >= 4 is 39.1 Å². The first-order valence-corrected chi connectivity index (χ1v) is 8.73. The number of carbonyl (C=O) groups excluding carboxylic acids is 2. The lowest BCUT2D eigenvalue weighted by Crippen LogP contribution is -2.22. The van der Waals surface area contributed by atoms with Crippen molar-refractivity contribution in [2.75, 3.05) is 5.32 Å². The number of hydrogen-bond acceptors (Lipinski definition) is 3. The van der Waals surface area contributed by atoms with E-state index in [0.29, 0.717) is 12.1 Å². The molecule has 0 aromatic heterocycles. The lowest BCUT2D eigenvalue weighted by atomic mass is 10.1. The van der Waals surface area contributed by atoms with E-state index in [1.54, 1.807) is 12.1 Å². The van der Waals surface area contributed by atoms with E-state index in [2.05, 4.69) is 31.8 Å². The van der Waals surface area contributed by atoms with Crippen LogP contribution in [0.3, 0.4) is 0 Å². The van der Waals surface area contributed by atoms with Gasteiger partial charge in [0.15, 0.2) is 0 Å². The maximum absolute atomic E-state index is 11.8. The summed E-state index contributed by atoms with van der Waals surface area (Å²) in [5.41, 5.74) is 5.13. The number of carbonyl (C=O) groups is 2. The van der Waals surface area contributed by atoms with E-state index in [0.717, 1.165) is 15.7 Å². The zero-order valence-corrected chi connectivity index (χ0v) is 15.5. The molecule has 0 aliphatic rings. The van der Waals surface area contributed by atoms with Crippen LogP contribution in [0.4, 0.5) is 5.69 Å². The topological polar surface area (TPSA) is 70.6 Å². The van der Waals surface area contributed by atoms with Crippen molar-refractivity contribution in [1.29, 1.82) is 0 Å². The molecule has 0 aliphatic carbocycles. The SMILES string of the molecule is CC(Cc1ccccc1)=NNC(=O)CCC(=O)Nc1ccc(Br)cc1. The van der Waals surface area contributed by atoms with Crippen LogP contribution in [0.25, 0.3) is 0 Å². The van der Waals surface area contributed by atoms with Crippen LogP contribution in [0.5, 0.6) is 0 Å². The van der Waals surface area contributed by atoms with Gasteiger partial charge in [0.25, 0.3) is 0 Å². The van der Waals surface area contributed by atoms with Crippen molar-refractivity contribution in [3.05, 3.63) is 64.6 Å². The molecule has 0 radical (unpaired) electrons. The first-order chi connectivity index (χ1) is 12.0. The molecule has 6 heteroatoms. The van der Waals surface area contributed by atoms with Gasteiger partial charge in [-0.05, 0) is 36.8 Å². The molecule has 0 atom stereocenters. The van der Waals surface area contributed by atoms with E-state index >= 15 is 0 Å². The van der Waals surface area contributed by atoms with Crippen molar-refractivity contribution in [2.45, 2.75) is 26.2 Å². The second kappa shape index (κ2) is 9.74. The summed E-state index contributed by atoms with van der Waals surface area (Å²) >= 11 is 3.33. The van der Waals surface area contributed by atoms with Gasteiger partial charge in [-0.3, -0.25) is 9.59 Å². The highest BCUT2D eigenvalue weighted by Gasteiger charge is 2.07. The smallest absolute Gasteiger partial charge is 0.240 e. The van der Waals surface area contributed by atoms with Crippen LogP contribution in [0.1, 0.15) is 25.3 Å². The number of nitrogens with one attached hydrogen (secondary N) is 2. The molecule has 2 rings (SSSR count). The van der Waals surface area contributed by atoms with Gasteiger partial charge < -0.3 is 5.32 Å². The highest BCUT2D eigenvalue weighted by molar-refractivity contribution is 9.10. The number of amides is 2. The molecule has 0 unspecified atom stereocenters. The third-order valence-corrected chi connectivity index (χ3v) is 3.91. The second-order valence-corrected chi connectivity index (χ2v) is 6.52. The lowest BCUT2D eigenvalue weighted by molar-refractivity contribution is -0.124. The summed E-state index contributed by atoms with van der Waals surface area (Å²) in [5, 5.41) is 6.82. The van der Waals surface area contributed by atoms with E-state index in [1.165, 1.54) is 0 Å². The first-order valence-electron chi connectivity index (χ1n) is 7.94. The Kier molecular flexibility index (Phi) is 7.35. The summed E-state index contributed by atoms with van der Waals surface area (Å²) in [4.78, 5) is 23.6. The van der Waals surface area contributed by atoms with E-state index in [9.17, 15) is 9.59 Å². The Hall–Kier alpha value is -2.47. The minimum Gasteiger partial charge on any atom is -0.326 e. The fraction of sp³-hybridized carbons (Fsp3) is 0.211. The predicted molar refractivity (Wildman–Crippen MR) is 103 cm³/mol. The zero-order valence-electron chi connectivity index (χ0n) is 14.0. The molecule has 0 saturated carbocycles. The maximum atomic E-state index is 11.8. The minimum absolute atomic E-state index is 0.0878. The summed E-state index contributed by atoms with van der Waals surface area (Å²) in [7, 11) is 0. The number of anilines is 1. The summed E-state index contributed by atoms with van der Waals surface area (Å²) in [6.07, 6.45) is 0.866. The number of hydrazone groups is 1. The van der Waals surface area contributed by atoms with Crippen molar-refractivity contribution < 1.29 is 9.59 Å². The fourth-order valence-electron chi connectivity index (χ4n) is 2.13. The van der Waals surface area contributed by atoms with Crippen LogP contribution >= 0.6 is 15.9 Å². The van der Waals surface area contributed by atoms with Crippen LogP contribution in [-0.4, -0.2) is 17.5 Å². The molecule has 0 fully saturated rings. The van der Waals surface area contributed by atoms with Gasteiger partial charge in [0.05, 0.1) is 0 Å². The Morgan fingerprint density at radius 3 is 2.28 bits per heavy atom. The highest BCUT2D eigenvalue weighted by atomic mass is 79.9. The van der Waals surface area contributed by atoms with Crippen LogP contribution in [-0.2, 0) is 16.0 Å². The molecule has 2 aromatic rings. The molecule has 5 nitrogen and oxygen atoms in total. The molecule has 0 heterocycles. The number of hydrogen-bond donors (Lipinski definition) is 2. The molecule has 0 aliphatic heterocycles. The molecule has 0 saturated heterocycles. The summed E-state index contributed by atoms with van der Waals surface area (Å²) in [6.45, 7) is 1.85. The Morgan fingerprint density at radius 1 is 0.960 bits per heavy atom. The molecule has 25 heavy (non-hydrogen) atoms. The average molecular weight is 402 g/mol. The number of rotatable bonds is 7. The van der Waals surface area contributed by atoms with Crippen molar-refractivity contribution in [1.82, 2.24) is 5.43 Å². The molecular formula is C19H20BrN3O2. The van der Waals surface area contributed by atoms with Gasteiger partial charge >= 0.3 is 0 Å². The minimum atomic E-state index is -0.279. The van der Waals surface area contributed by atoms with Gasteiger partial charge in [-0.15, -0.1) is 0 Å². The number of halogens is 1. The molecule has 0 bridgehead atoms. The second-order valence-electron chi connectivity index (χ2n) is 5.60. The van der Waals surface area contributed by atoms with E-state index in [4.69, 9.17) is 0 Å². The summed E-state index contributed by atoms with van der Waals surface area (Å²) in [6, 6.07) is 17.2. The Balaban J connectivity index is 1.71. The van der Waals surface area contributed by atoms with Crippen LogP contribution in [0, 0.1) is 0 Å². The molecular weight excluding hydrogens is 382 g/mol. The first kappa shape index (κ1) is 18.9. The average Bonchev–Trinajstić information content (AvgIpc) is 2.61. The van der Waals surface area contributed by atoms with Crippen molar-refractivity contribution in [3.8, 4) is 0 Å². The molecule has 2 N–H and O–H groups in total. The molecule has 2 amide bonds. The maximum Gasteiger partial charge on any atom is 0.240 e. The Morgan fingerprint density at radius 2 is 1.60 bits per heavy atom. The van der Waals surface area contributed by atoms with E-state index in [-0.39, 0.29) is 24.7 Å². The largest absolute Gasteiger partial charge is 0.326 e. The van der Waals surface area contributed by atoms with Gasteiger partial charge in [0.2, 0.25) is 11.8 Å². The predicted octanol–water partition coefficient (Wildman–Crippen LogP) is 3.90. The molecule has 130 valence electrons. The van der Waals surface area contributed by atoms with Gasteiger partial charge in [0, 0.05) is 35.1 Å². The van der Waals surface area contributed by atoms with E-state index in [1.807, 2.05) is 49.4 Å². The third kappa shape index (κ3) is 7.30. The standard InChI is InChI=1S/C19H20BrN3O2/c1-14(13-15-5-3-2-4-6-15)22-23-19(25)12-11-18(24)21-17-9-7-16(20)8-10-17/h2-10H,11-13H2,1H3,(H,21,24)(H,23,25).